The molecule has 10 heteroatoms. The number of rotatable bonds is 11. The van der Waals surface area contributed by atoms with Crippen LogP contribution < -0.4 is 4.72 Å². The molecule has 2 aromatic carbocycles. The van der Waals surface area contributed by atoms with E-state index in [9.17, 15) is 23.1 Å². The zero-order valence-electron chi connectivity index (χ0n) is 22.4. The van der Waals surface area contributed by atoms with Gasteiger partial charge in [-0.1, -0.05) is 54.4 Å². The molecule has 2 N–H and O–H groups in total. The number of halogens is 2. The van der Waals surface area contributed by atoms with Gasteiger partial charge in [-0.2, -0.15) is 0 Å². The molecule has 4 atom stereocenters. The SMILES string of the molecule is CC[C@]1(CC(=O)O)CC(c2cccc(Cl)c2)C(c2ccc(Cl)cc2)N([C@H](CNS(=O)(=O)C(C)C)C2CC2)C1=O. The minimum atomic E-state index is -3.58. The molecule has 2 aromatic rings. The molecule has 1 aliphatic carbocycles. The molecular weight excluding hydrogens is 559 g/mol. The molecule has 1 heterocycles. The molecule has 2 aliphatic rings. The highest BCUT2D eigenvalue weighted by Crippen LogP contribution is 2.55. The molecule has 4 rings (SSSR count). The number of carboxylic acids is 1. The molecule has 0 spiro atoms. The molecule has 212 valence electrons. The van der Waals surface area contributed by atoms with Crippen LogP contribution in [-0.2, 0) is 19.6 Å². The standard InChI is InChI=1S/C29H36Cl2N2O5S/c1-4-29(16-26(34)35)15-24(21-6-5-7-23(31)14-21)27(20-10-12-22(30)13-11-20)33(28(29)36)25(19-8-9-19)17-32-39(37,38)18(2)3/h5-7,10-14,18-19,24-25,27,32H,4,8-9,15-17H2,1-3H3,(H,34,35)/t24?,25-,27?,29-/m1/s1. The molecule has 2 fully saturated rings. The smallest absolute Gasteiger partial charge is 0.304 e. The van der Waals surface area contributed by atoms with E-state index in [-0.39, 0.29) is 30.7 Å². The Morgan fingerprint density at radius 1 is 1.10 bits per heavy atom. The summed E-state index contributed by atoms with van der Waals surface area (Å²) in [6.45, 7) is 5.14. The Bertz CT molecular complexity index is 1310. The van der Waals surface area contributed by atoms with Crippen molar-refractivity contribution in [3.05, 3.63) is 69.7 Å². The van der Waals surface area contributed by atoms with Crippen LogP contribution in [0.4, 0.5) is 0 Å². The van der Waals surface area contributed by atoms with Crippen molar-refractivity contribution < 1.29 is 23.1 Å². The van der Waals surface area contributed by atoms with Gasteiger partial charge in [0.15, 0.2) is 0 Å². The monoisotopic (exact) mass is 594 g/mol. The molecule has 0 aromatic heterocycles. The van der Waals surface area contributed by atoms with Gasteiger partial charge in [0.1, 0.15) is 0 Å². The van der Waals surface area contributed by atoms with Crippen LogP contribution in [0.15, 0.2) is 48.5 Å². The van der Waals surface area contributed by atoms with Gasteiger partial charge in [-0.05, 0) is 80.8 Å². The van der Waals surface area contributed by atoms with Crippen LogP contribution in [0.25, 0.3) is 0 Å². The number of hydrogen-bond donors (Lipinski definition) is 2. The maximum absolute atomic E-state index is 14.6. The third-order valence-electron chi connectivity index (χ3n) is 8.27. The first-order valence-corrected chi connectivity index (χ1v) is 15.7. The number of aliphatic carboxylic acids is 1. The maximum Gasteiger partial charge on any atom is 0.304 e. The summed E-state index contributed by atoms with van der Waals surface area (Å²) in [5.74, 6) is -1.45. The Hall–Kier alpha value is -2.13. The number of carboxylic acid groups (broad SMARTS) is 1. The number of sulfonamides is 1. The fraction of sp³-hybridized carbons (Fsp3) is 0.517. The van der Waals surface area contributed by atoms with Crippen molar-refractivity contribution in [2.45, 2.75) is 76.1 Å². The van der Waals surface area contributed by atoms with Crippen molar-refractivity contribution in [3.8, 4) is 0 Å². The second-order valence-electron chi connectivity index (χ2n) is 11.1. The minimum absolute atomic E-state index is 0.0656. The summed E-state index contributed by atoms with van der Waals surface area (Å²) in [6, 6.07) is 13.9. The zero-order chi connectivity index (χ0) is 28.5. The van der Waals surface area contributed by atoms with Crippen LogP contribution in [0.2, 0.25) is 10.0 Å². The second kappa shape index (κ2) is 11.8. The zero-order valence-corrected chi connectivity index (χ0v) is 24.8. The Balaban J connectivity index is 1.91. The number of nitrogens with zero attached hydrogens (tertiary/aromatic N) is 1. The number of hydrogen-bond acceptors (Lipinski definition) is 4. The van der Waals surface area contributed by atoms with Gasteiger partial charge >= 0.3 is 5.97 Å². The summed E-state index contributed by atoms with van der Waals surface area (Å²) >= 11 is 12.6. The van der Waals surface area contributed by atoms with Gasteiger partial charge < -0.3 is 10.0 Å². The van der Waals surface area contributed by atoms with E-state index in [4.69, 9.17) is 23.2 Å². The van der Waals surface area contributed by atoms with Gasteiger partial charge in [-0.15, -0.1) is 0 Å². The molecule has 0 bridgehead atoms. The van der Waals surface area contributed by atoms with E-state index in [1.54, 1.807) is 32.0 Å². The molecule has 0 radical (unpaired) electrons. The number of piperidine rings is 1. The van der Waals surface area contributed by atoms with Crippen molar-refractivity contribution in [3.63, 3.8) is 0 Å². The minimum Gasteiger partial charge on any atom is -0.481 e. The van der Waals surface area contributed by atoms with Crippen molar-refractivity contribution in [2.24, 2.45) is 11.3 Å². The molecule has 2 unspecified atom stereocenters. The quantitative estimate of drug-likeness (QED) is 0.330. The van der Waals surface area contributed by atoms with E-state index in [2.05, 4.69) is 4.72 Å². The number of benzene rings is 2. The average molecular weight is 596 g/mol. The van der Waals surface area contributed by atoms with E-state index in [1.165, 1.54) is 0 Å². The van der Waals surface area contributed by atoms with Gasteiger partial charge in [-0.25, -0.2) is 13.1 Å². The molecule has 39 heavy (non-hydrogen) atoms. The first-order chi connectivity index (χ1) is 18.4. The van der Waals surface area contributed by atoms with Gasteiger partial charge in [-0.3, -0.25) is 9.59 Å². The largest absolute Gasteiger partial charge is 0.481 e. The first-order valence-electron chi connectivity index (χ1n) is 13.4. The van der Waals surface area contributed by atoms with E-state index in [0.29, 0.717) is 22.9 Å². The average Bonchev–Trinajstić information content (AvgIpc) is 3.71. The van der Waals surface area contributed by atoms with Crippen LogP contribution in [0.1, 0.15) is 76.0 Å². The number of likely N-dealkylation sites (tertiary alicyclic amines) is 1. The third kappa shape index (κ3) is 6.45. The molecule has 1 saturated heterocycles. The predicted octanol–water partition coefficient (Wildman–Crippen LogP) is 6.03. The lowest BCUT2D eigenvalue weighted by molar-refractivity contribution is -0.162. The predicted molar refractivity (Wildman–Crippen MR) is 153 cm³/mol. The number of nitrogens with one attached hydrogen (secondary N) is 1. The van der Waals surface area contributed by atoms with E-state index >= 15 is 0 Å². The Kier molecular flexibility index (Phi) is 9.01. The normalized spacial score (nSPS) is 24.7. The topological polar surface area (TPSA) is 104 Å². The summed E-state index contributed by atoms with van der Waals surface area (Å²) in [6.07, 6.45) is 2.09. The summed E-state index contributed by atoms with van der Waals surface area (Å²) < 4.78 is 28.3. The van der Waals surface area contributed by atoms with Crippen molar-refractivity contribution >= 4 is 45.1 Å². The lowest BCUT2D eigenvalue weighted by Gasteiger charge is -2.53. The van der Waals surface area contributed by atoms with Crippen molar-refractivity contribution in [1.82, 2.24) is 9.62 Å². The van der Waals surface area contributed by atoms with Crippen LogP contribution >= 0.6 is 23.2 Å². The summed E-state index contributed by atoms with van der Waals surface area (Å²) in [5.41, 5.74) is 0.613. The molecular formula is C29H36Cl2N2O5S. The van der Waals surface area contributed by atoms with Crippen molar-refractivity contribution in [1.29, 1.82) is 0 Å². The Labute approximate surface area is 240 Å². The molecule has 7 nitrogen and oxygen atoms in total. The van der Waals surface area contributed by atoms with Gasteiger partial charge in [0, 0.05) is 28.5 Å². The maximum atomic E-state index is 14.6. The number of carbonyl (C=O) groups excluding carboxylic acids is 1. The third-order valence-corrected chi connectivity index (χ3v) is 10.6. The molecule has 1 amide bonds. The van der Waals surface area contributed by atoms with Gasteiger partial charge in [0.05, 0.1) is 23.1 Å². The second-order valence-corrected chi connectivity index (χ2v) is 14.3. The lowest BCUT2D eigenvalue weighted by atomic mass is 9.64. The van der Waals surface area contributed by atoms with Crippen LogP contribution in [0.3, 0.4) is 0 Å². The lowest BCUT2D eigenvalue weighted by Crippen LogP contribution is -2.59. The van der Waals surface area contributed by atoms with E-state index in [1.807, 2.05) is 42.2 Å². The van der Waals surface area contributed by atoms with Crippen LogP contribution in [-0.4, -0.2) is 48.1 Å². The Morgan fingerprint density at radius 3 is 2.31 bits per heavy atom. The molecule has 1 saturated carbocycles. The number of carbonyl (C=O) groups is 2. The summed E-state index contributed by atoms with van der Waals surface area (Å²) in [4.78, 5) is 28.5. The number of amides is 1. The van der Waals surface area contributed by atoms with E-state index < -0.39 is 38.7 Å². The highest BCUT2D eigenvalue weighted by molar-refractivity contribution is 7.90. The van der Waals surface area contributed by atoms with E-state index in [0.717, 1.165) is 24.0 Å². The van der Waals surface area contributed by atoms with Gasteiger partial charge in [0.2, 0.25) is 15.9 Å². The van der Waals surface area contributed by atoms with Crippen molar-refractivity contribution in [2.75, 3.05) is 6.54 Å². The fourth-order valence-corrected chi connectivity index (χ4v) is 6.92. The molecule has 1 aliphatic heterocycles. The van der Waals surface area contributed by atoms with Crippen LogP contribution in [0, 0.1) is 11.3 Å². The van der Waals surface area contributed by atoms with Gasteiger partial charge in [0.25, 0.3) is 0 Å². The first kappa shape index (κ1) is 29.8. The summed E-state index contributed by atoms with van der Waals surface area (Å²) in [7, 11) is -3.58. The summed E-state index contributed by atoms with van der Waals surface area (Å²) in [5, 5.41) is 10.4. The Morgan fingerprint density at radius 2 is 1.77 bits per heavy atom. The van der Waals surface area contributed by atoms with Crippen LogP contribution in [0.5, 0.6) is 0 Å². The fourth-order valence-electron chi connectivity index (χ4n) is 5.86. The highest BCUT2D eigenvalue weighted by atomic mass is 35.5. The highest BCUT2D eigenvalue weighted by Gasteiger charge is 2.55.